The Kier molecular flexibility index (Phi) is 5.74. The van der Waals surface area contributed by atoms with Crippen molar-refractivity contribution in [1.29, 1.82) is 0 Å². The Labute approximate surface area is 154 Å². The maximum atomic E-state index is 6.04. The Morgan fingerprint density at radius 1 is 1.00 bits per heavy atom. The van der Waals surface area contributed by atoms with Gasteiger partial charge < -0.3 is 9.32 Å². The summed E-state index contributed by atoms with van der Waals surface area (Å²) in [6.07, 6.45) is 3.70. The van der Waals surface area contributed by atoms with Crippen LogP contribution in [0.25, 0.3) is 22.1 Å². The van der Waals surface area contributed by atoms with Crippen molar-refractivity contribution in [3.63, 3.8) is 0 Å². The van der Waals surface area contributed by atoms with Gasteiger partial charge in [-0.1, -0.05) is 19.1 Å². The molecule has 1 aromatic carbocycles. The largest absolute Gasteiger partial charge is 0.460 e. The van der Waals surface area contributed by atoms with Crippen LogP contribution >= 0.6 is 12.4 Å². The first kappa shape index (κ1) is 17.9. The summed E-state index contributed by atoms with van der Waals surface area (Å²) in [5, 5.41) is 1.17. The molecule has 0 unspecified atom stereocenters. The van der Waals surface area contributed by atoms with Crippen molar-refractivity contribution in [2.75, 3.05) is 32.7 Å². The summed E-state index contributed by atoms with van der Waals surface area (Å²) in [6.45, 7) is 8.82. The zero-order valence-corrected chi connectivity index (χ0v) is 15.3. The van der Waals surface area contributed by atoms with E-state index >= 15 is 0 Å². The number of fused-ring (bicyclic) bond motifs is 1. The normalized spacial score (nSPS) is 16.0. The molecule has 25 heavy (non-hydrogen) atoms. The van der Waals surface area contributed by atoms with Crippen LogP contribution in [0.3, 0.4) is 0 Å². The quantitative estimate of drug-likeness (QED) is 0.705. The fourth-order valence-electron chi connectivity index (χ4n) is 3.37. The summed E-state index contributed by atoms with van der Waals surface area (Å²) in [5.41, 5.74) is 3.28. The molecule has 4 rings (SSSR count). The van der Waals surface area contributed by atoms with E-state index < -0.39 is 0 Å². The first-order chi connectivity index (χ1) is 11.8. The van der Waals surface area contributed by atoms with Gasteiger partial charge in [-0.25, -0.2) is 0 Å². The van der Waals surface area contributed by atoms with Gasteiger partial charge in [0.25, 0.3) is 0 Å². The fourth-order valence-corrected chi connectivity index (χ4v) is 3.37. The fraction of sp³-hybridized carbons (Fsp3) is 0.350. The zero-order valence-electron chi connectivity index (χ0n) is 14.5. The minimum absolute atomic E-state index is 0. The van der Waals surface area contributed by atoms with Crippen molar-refractivity contribution in [2.24, 2.45) is 0 Å². The van der Waals surface area contributed by atoms with Gasteiger partial charge in [-0.3, -0.25) is 9.88 Å². The lowest BCUT2D eigenvalue weighted by molar-refractivity contribution is 0.126. The third-order valence-corrected chi connectivity index (χ3v) is 4.85. The Balaban J connectivity index is 0.00000182. The molecule has 4 nitrogen and oxygen atoms in total. The molecule has 0 amide bonds. The lowest BCUT2D eigenvalue weighted by Gasteiger charge is -2.33. The molecule has 0 saturated carbocycles. The summed E-state index contributed by atoms with van der Waals surface area (Å²) in [7, 11) is 0. The van der Waals surface area contributed by atoms with E-state index in [1.807, 2.05) is 12.3 Å². The lowest BCUT2D eigenvalue weighted by Crippen LogP contribution is -2.45. The van der Waals surface area contributed by atoms with E-state index in [1.54, 1.807) is 6.20 Å². The lowest BCUT2D eigenvalue weighted by atomic mass is 10.1. The van der Waals surface area contributed by atoms with E-state index in [-0.39, 0.29) is 12.4 Å². The smallest absolute Gasteiger partial charge is 0.134 e. The Bertz CT molecular complexity index is 810. The molecule has 1 aliphatic rings. The highest BCUT2D eigenvalue weighted by molar-refractivity contribution is 5.85. The molecule has 3 heterocycles. The third-order valence-electron chi connectivity index (χ3n) is 4.85. The van der Waals surface area contributed by atoms with Crippen LogP contribution in [0, 0.1) is 0 Å². The number of furan rings is 1. The molecule has 0 bridgehead atoms. The molecule has 0 aliphatic carbocycles. The second-order valence-corrected chi connectivity index (χ2v) is 6.42. The van der Waals surface area contributed by atoms with Crippen LogP contribution in [0.4, 0.5) is 0 Å². The number of aromatic nitrogens is 1. The predicted octanol–water partition coefficient (Wildman–Crippen LogP) is 4.05. The van der Waals surface area contributed by atoms with Crippen molar-refractivity contribution in [2.45, 2.75) is 13.5 Å². The molecule has 3 aromatic rings. The number of hydrogen-bond donors (Lipinski definition) is 0. The Morgan fingerprint density at radius 3 is 2.52 bits per heavy atom. The topological polar surface area (TPSA) is 32.5 Å². The van der Waals surface area contributed by atoms with Gasteiger partial charge in [-0.15, -0.1) is 12.4 Å². The van der Waals surface area contributed by atoms with Crippen molar-refractivity contribution in [3.8, 4) is 11.1 Å². The van der Waals surface area contributed by atoms with Crippen LogP contribution < -0.4 is 0 Å². The zero-order chi connectivity index (χ0) is 16.4. The minimum atomic E-state index is 0. The van der Waals surface area contributed by atoms with E-state index in [1.165, 1.54) is 10.9 Å². The number of pyridine rings is 1. The first-order valence-corrected chi connectivity index (χ1v) is 8.69. The molecule has 1 fully saturated rings. The summed E-state index contributed by atoms with van der Waals surface area (Å²) in [5.74, 6) is 1.05. The van der Waals surface area contributed by atoms with Gasteiger partial charge >= 0.3 is 0 Å². The maximum Gasteiger partial charge on any atom is 0.134 e. The highest BCUT2D eigenvalue weighted by atomic mass is 35.5. The van der Waals surface area contributed by atoms with Crippen LogP contribution in [0.5, 0.6) is 0 Å². The van der Waals surface area contributed by atoms with Gasteiger partial charge in [0, 0.05) is 49.5 Å². The Morgan fingerprint density at radius 2 is 1.80 bits per heavy atom. The predicted molar refractivity (Wildman–Crippen MR) is 104 cm³/mol. The van der Waals surface area contributed by atoms with Gasteiger partial charge in [0.05, 0.1) is 6.54 Å². The standard InChI is InChI=1S/C20H23N3O.ClH/c1-2-22-8-10-23(11-9-22)15-19-13-18-12-16(5-6-20(18)24-19)17-4-3-7-21-14-17;/h3-7,12-14H,2,8-11,15H2,1H3;1H. The molecular formula is C20H24ClN3O. The van der Waals surface area contributed by atoms with E-state index in [0.29, 0.717) is 0 Å². The van der Waals surface area contributed by atoms with Crippen LogP contribution in [0.2, 0.25) is 0 Å². The van der Waals surface area contributed by atoms with Gasteiger partial charge in [0.15, 0.2) is 0 Å². The third kappa shape index (κ3) is 4.03. The monoisotopic (exact) mass is 357 g/mol. The molecule has 0 radical (unpaired) electrons. The number of nitrogens with zero attached hydrogens (tertiary/aromatic N) is 3. The number of rotatable bonds is 4. The number of halogens is 1. The highest BCUT2D eigenvalue weighted by Crippen LogP contribution is 2.27. The Hall–Kier alpha value is -1.88. The van der Waals surface area contributed by atoms with Gasteiger partial charge in [-0.2, -0.15) is 0 Å². The number of piperazine rings is 1. The van der Waals surface area contributed by atoms with Crippen LogP contribution in [0.1, 0.15) is 12.7 Å². The van der Waals surface area contributed by atoms with Gasteiger partial charge in [-0.05, 0) is 36.4 Å². The van der Waals surface area contributed by atoms with E-state index in [2.05, 4.69) is 52.0 Å². The summed E-state index contributed by atoms with van der Waals surface area (Å²) in [4.78, 5) is 9.18. The van der Waals surface area contributed by atoms with Crippen LogP contribution in [-0.4, -0.2) is 47.5 Å². The van der Waals surface area contributed by atoms with E-state index in [0.717, 1.165) is 56.2 Å². The number of benzene rings is 1. The van der Waals surface area contributed by atoms with Crippen molar-refractivity contribution in [1.82, 2.24) is 14.8 Å². The van der Waals surface area contributed by atoms with E-state index in [9.17, 15) is 0 Å². The first-order valence-electron chi connectivity index (χ1n) is 8.69. The second-order valence-electron chi connectivity index (χ2n) is 6.42. The van der Waals surface area contributed by atoms with Gasteiger partial charge in [0.2, 0.25) is 0 Å². The minimum Gasteiger partial charge on any atom is -0.460 e. The average Bonchev–Trinajstić information content (AvgIpc) is 3.04. The summed E-state index contributed by atoms with van der Waals surface area (Å²) < 4.78 is 6.04. The molecule has 2 aromatic heterocycles. The number of hydrogen-bond acceptors (Lipinski definition) is 4. The molecule has 132 valence electrons. The summed E-state index contributed by atoms with van der Waals surface area (Å²) >= 11 is 0. The highest BCUT2D eigenvalue weighted by Gasteiger charge is 2.17. The molecule has 0 spiro atoms. The van der Waals surface area contributed by atoms with Crippen molar-refractivity contribution < 1.29 is 4.42 Å². The second kappa shape index (κ2) is 8.00. The number of likely N-dealkylation sites (N-methyl/N-ethyl adjacent to an activating group) is 1. The van der Waals surface area contributed by atoms with E-state index in [4.69, 9.17) is 4.42 Å². The van der Waals surface area contributed by atoms with Gasteiger partial charge in [0.1, 0.15) is 11.3 Å². The molecule has 1 aliphatic heterocycles. The summed E-state index contributed by atoms with van der Waals surface area (Å²) in [6, 6.07) is 12.6. The molecule has 0 atom stereocenters. The van der Waals surface area contributed by atoms with Crippen molar-refractivity contribution >= 4 is 23.4 Å². The van der Waals surface area contributed by atoms with Crippen LogP contribution in [-0.2, 0) is 6.54 Å². The average molecular weight is 358 g/mol. The maximum absolute atomic E-state index is 6.04. The molecule has 5 heteroatoms. The SMILES string of the molecule is CCN1CCN(Cc2cc3cc(-c4cccnc4)ccc3o2)CC1.Cl. The van der Waals surface area contributed by atoms with Crippen LogP contribution in [0.15, 0.2) is 53.2 Å². The molecule has 1 saturated heterocycles. The van der Waals surface area contributed by atoms with Crippen molar-refractivity contribution in [3.05, 3.63) is 54.6 Å². The molecule has 0 N–H and O–H groups in total. The molecular weight excluding hydrogens is 334 g/mol.